The van der Waals surface area contributed by atoms with E-state index in [1.54, 1.807) is 4.90 Å². The van der Waals surface area contributed by atoms with E-state index in [-0.39, 0.29) is 5.91 Å². The lowest BCUT2D eigenvalue weighted by molar-refractivity contribution is -0.166. The predicted molar refractivity (Wildman–Crippen MR) is 70.3 cm³/mol. The molecule has 5 heteroatoms. The van der Waals surface area contributed by atoms with Gasteiger partial charge in [-0.1, -0.05) is 6.92 Å². The molecule has 0 aromatic carbocycles. The zero-order valence-corrected chi connectivity index (χ0v) is 11.7. The lowest BCUT2D eigenvalue weighted by atomic mass is 9.88. The summed E-state index contributed by atoms with van der Waals surface area (Å²) < 4.78 is 0. The summed E-state index contributed by atoms with van der Waals surface area (Å²) >= 11 is 0. The highest BCUT2D eigenvalue weighted by Gasteiger charge is 2.47. The van der Waals surface area contributed by atoms with Crippen LogP contribution in [-0.4, -0.2) is 71.2 Å². The number of carbonyl (C=O) groups excluding carboxylic acids is 1. The van der Waals surface area contributed by atoms with Crippen molar-refractivity contribution >= 4 is 5.91 Å². The number of rotatable bonds is 3. The number of carbonyl (C=O) groups is 1. The quantitative estimate of drug-likeness (QED) is 0.724. The van der Waals surface area contributed by atoms with Crippen molar-refractivity contribution in [2.24, 2.45) is 0 Å². The standard InChI is InChI=1S/C13H25N3O2/c1-4-13(18)9-15(10-13)11(17)12(2,3)16-7-5-14-6-8-16/h14,18H,4-10H2,1-3H3. The Morgan fingerprint density at radius 3 is 2.39 bits per heavy atom. The first-order chi connectivity index (χ1) is 8.39. The van der Waals surface area contributed by atoms with Crippen LogP contribution in [0.3, 0.4) is 0 Å². The van der Waals surface area contributed by atoms with Crippen LogP contribution in [0.1, 0.15) is 27.2 Å². The summed E-state index contributed by atoms with van der Waals surface area (Å²) in [6.45, 7) is 10.6. The molecule has 2 aliphatic rings. The molecule has 5 nitrogen and oxygen atoms in total. The lowest BCUT2D eigenvalue weighted by Gasteiger charge is -2.51. The minimum absolute atomic E-state index is 0.141. The first-order valence-corrected chi connectivity index (χ1v) is 6.86. The van der Waals surface area contributed by atoms with E-state index in [4.69, 9.17) is 0 Å². The Labute approximate surface area is 109 Å². The summed E-state index contributed by atoms with van der Waals surface area (Å²) in [5.74, 6) is 0.141. The van der Waals surface area contributed by atoms with Gasteiger partial charge in [0.15, 0.2) is 0 Å². The first-order valence-electron chi connectivity index (χ1n) is 6.86. The van der Waals surface area contributed by atoms with E-state index >= 15 is 0 Å². The molecule has 2 N–H and O–H groups in total. The maximum atomic E-state index is 12.5. The molecule has 0 aromatic heterocycles. The normalized spacial score (nSPS) is 24.8. The fourth-order valence-electron chi connectivity index (χ4n) is 2.78. The number of β-amino-alcohol motifs (C(OH)–C–C–N with tert-alkyl or cyclic N) is 1. The van der Waals surface area contributed by atoms with Crippen molar-refractivity contribution in [2.45, 2.75) is 38.3 Å². The average molecular weight is 255 g/mol. The Bertz CT molecular complexity index is 318. The van der Waals surface area contributed by atoms with E-state index in [2.05, 4.69) is 10.2 Å². The van der Waals surface area contributed by atoms with Gasteiger partial charge in [-0.15, -0.1) is 0 Å². The maximum Gasteiger partial charge on any atom is 0.242 e. The summed E-state index contributed by atoms with van der Waals surface area (Å²) in [6.07, 6.45) is 0.713. The Hall–Kier alpha value is -0.650. The van der Waals surface area contributed by atoms with Crippen molar-refractivity contribution in [1.82, 2.24) is 15.1 Å². The van der Waals surface area contributed by atoms with Crippen molar-refractivity contribution < 1.29 is 9.90 Å². The smallest absolute Gasteiger partial charge is 0.242 e. The van der Waals surface area contributed by atoms with Gasteiger partial charge in [-0.05, 0) is 20.3 Å². The highest BCUT2D eigenvalue weighted by atomic mass is 16.3. The second kappa shape index (κ2) is 4.79. The number of piperazine rings is 1. The first kappa shape index (κ1) is 13.8. The molecule has 0 bridgehead atoms. The number of aliphatic hydroxyl groups is 1. The number of hydrogen-bond donors (Lipinski definition) is 2. The molecule has 2 fully saturated rings. The predicted octanol–water partition coefficient (Wildman–Crippen LogP) is -0.346. The van der Waals surface area contributed by atoms with E-state index in [9.17, 15) is 9.90 Å². The molecular formula is C13H25N3O2. The highest BCUT2D eigenvalue weighted by Crippen LogP contribution is 2.28. The molecule has 1 amide bonds. The molecule has 0 aromatic rings. The van der Waals surface area contributed by atoms with Crippen LogP contribution in [0.15, 0.2) is 0 Å². The number of amides is 1. The van der Waals surface area contributed by atoms with Crippen molar-refractivity contribution in [3.05, 3.63) is 0 Å². The Kier molecular flexibility index (Phi) is 3.67. The second-order valence-corrected chi connectivity index (χ2v) is 6.04. The van der Waals surface area contributed by atoms with Gasteiger partial charge in [0.1, 0.15) is 0 Å². The van der Waals surface area contributed by atoms with Gasteiger partial charge in [-0.3, -0.25) is 9.69 Å². The van der Waals surface area contributed by atoms with Gasteiger partial charge >= 0.3 is 0 Å². The van der Waals surface area contributed by atoms with Crippen molar-refractivity contribution in [2.75, 3.05) is 39.3 Å². The van der Waals surface area contributed by atoms with Gasteiger partial charge in [0, 0.05) is 26.2 Å². The van der Waals surface area contributed by atoms with Gasteiger partial charge in [0.25, 0.3) is 0 Å². The maximum absolute atomic E-state index is 12.5. The molecule has 2 saturated heterocycles. The Morgan fingerprint density at radius 1 is 1.33 bits per heavy atom. The summed E-state index contributed by atoms with van der Waals surface area (Å²) in [6, 6.07) is 0. The van der Waals surface area contributed by atoms with Gasteiger partial charge in [0.2, 0.25) is 5.91 Å². The van der Waals surface area contributed by atoms with Crippen LogP contribution in [0.2, 0.25) is 0 Å². The van der Waals surface area contributed by atoms with Crippen LogP contribution < -0.4 is 5.32 Å². The highest BCUT2D eigenvalue weighted by molar-refractivity contribution is 5.86. The van der Waals surface area contributed by atoms with Crippen LogP contribution in [0, 0.1) is 0 Å². The zero-order valence-electron chi connectivity index (χ0n) is 11.7. The Balaban J connectivity index is 1.95. The van der Waals surface area contributed by atoms with E-state index in [0.29, 0.717) is 19.5 Å². The molecule has 0 saturated carbocycles. The lowest BCUT2D eigenvalue weighted by Crippen LogP contribution is -2.69. The minimum Gasteiger partial charge on any atom is -0.386 e. The molecule has 2 heterocycles. The molecule has 0 unspecified atom stereocenters. The van der Waals surface area contributed by atoms with Crippen LogP contribution >= 0.6 is 0 Å². The summed E-state index contributed by atoms with van der Waals surface area (Å²) in [5.41, 5.74) is -1.10. The fraction of sp³-hybridized carbons (Fsp3) is 0.923. The largest absolute Gasteiger partial charge is 0.386 e. The molecule has 18 heavy (non-hydrogen) atoms. The molecule has 2 aliphatic heterocycles. The third kappa shape index (κ3) is 2.39. The molecule has 0 aliphatic carbocycles. The topological polar surface area (TPSA) is 55.8 Å². The summed E-state index contributed by atoms with van der Waals surface area (Å²) in [5, 5.41) is 13.3. The molecule has 0 radical (unpaired) electrons. The van der Waals surface area contributed by atoms with Crippen LogP contribution in [0.4, 0.5) is 0 Å². The average Bonchev–Trinajstić information content (AvgIpc) is 2.35. The SMILES string of the molecule is CCC1(O)CN(C(=O)C(C)(C)N2CCNCC2)C1. The van der Waals surface area contributed by atoms with Gasteiger partial charge in [-0.25, -0.2) is 0 Å². The second-order valence-electron chi connectivity index (χ2n) is 6.04. The Morgan fingerprint density at radius 2 is 1.89 bits per heavy atom. The van der Waals surface area contributed by atoms with Crippen molar-refractivity contribution in [3.8, 4) is 0 Å². The number of nitrogens with zero attached hydrogens (tertiary/aromatic N) is 2. The molecule has 0 spiro atoms. The van der Waals surface area contributed by atoms with Crippen LogP contribution in [0.25, 0.3) is 0 Å². The third-order valence-electron chi connectivity index (χ3n) is 4.35. The third-order valence-corrected chi connectivity index (χ3v) is 4.35. The van der Waals surface area contributed by atoms with Crippen molar-refractivity contribution in [1.29, 1.82) is 0 Å². The van der Waals surface area contributed by atoms with E-state index < -0.39 is 11.1 Å². The van der Waals surface area contributed by atoms with E-state index in [0.717, 1.165) is 26.2 Å². The van der Waals surface area contributed by atoms with E-state index in [1.165, 1.54) is 0 Å². The van der Waals surface area contributed by atoms with Crippen molar-refractivity contribution in [3.63, 3.8) is 0 Å². The molecular weight excluding hydrogens is 230 g/mol. The van der Waals surface area contributed by atoms with Gasteiger partial charge in [0.05, 0.1) is 24.2 Å². The van der Waals surface area contributed by atoms with E-state index in [1.807, 2.05) is 20.8 Å². The summed E-state index contributed by atoms with van der Waals surface area (Å²) in [7, 11) is 0. The molecule has 2 rings (SSSR count). The number of likely N-dealkylation sites (tertiary alicyclic amines) is 1. The monoisotopic (exact) mass is 255 g/mol. The fourth-order valence-corrected chi connectivity index (χ4v) is 2.78. The molecule has 0 atom stereocenters. The molecule has 104 valence electrons. The zero-order chi connectivity index (χ0) is 13.4. The minimum atomic E-state index is -0.644. The summed E-state index contributed by atoms with van der Waals surface area (Å²) in [4.78, 5) is 16.5. The number of nitrogens with one attached hydrogen (secondary N) is 1. The van der Waals surface area contributed by atoms with Crippen LogP contribution in [0.5, 0.6) is 0 Å². The van der Waals surface area contributed by atoms with Gasteiger partial charge < -0.3 is 15.3 Å². The van der Waals surface area contributed by atoms with Gasteiger partial charge in [-0.2, -0.15) is 0 Å². The number of hydrogen-bond acceptors (Lipinski definition) is 4. The van der Waals surface area contributed by atoms with Crippen LogP contribution in [-0.2, 0) is 4.79 Å².